The number of hydrogen-bond donors (Lipinski definition) is 0. The molecule has 0 saturated carbocycles. The molecule has 1 aromatic carbocycles. The van der Waals surface area contributed by atoms with E-state index >= 15 is 0 Å². The number of aromatic nitrogens is 2. The van der Waals surface area contributed by atoms with E-state index in [2.05, 4.69) is 9.97 Å². The van der Waals surface area contributed by atoms with Gasteiger partial charge in [0.1, 0.15) is 10.9 Å². The van der Waals surface area contributed by atoms with Crippen LogP contribution in [0.25, 0.3) is 0 Å². The molecule has 1 aromatic heterocycles. The normalized spacial score (nSPS) is 11.7. The van der Waals surface area contributed by atoms with E-state index in [0.717, 1.165) is 22.7 Å². The largest absolute Gasteiger partial charge is 0.416 e. The van der Waals surface area contributed by atoms with E-state index in [9.17, 15) is 13.2 Å². The summed E-state index contributed by atoms with van der Waals surface area (Å²) < 4.78 is 37.9. The second kappa shape index (κ2) is 5.83. The maximum atomic E-state index is 12.6. The van der Waals surface area contributed by atoms with Crippen LogP contribution < -0.4 is 0 Å². The summed E-state index contributed by atoms with van der Waals surface area (Å²) in [7, 11) is 0. The van der Waals surface area contributed by atoms with Crippen LogP contribution in [0.3, 0.4) is 0 Å². The van der Waals surface area contributed by atoms with E-state index in [1.54, 1.807) is 12.3 Å². The zero-order chi connectivity index (χ0) is 14.8. The third-order valence-corrected chi connectivity index (χ3v) is 3.59. The van der Waals surface area contributed by atoms with Gasteiger partial charge in [0, 0.05) is 12.6 Å². The zero-order valence-corrected chi connectivity index (χ0v) is 11.8. The van der Waals surface area contributed by atoms with E-state index in [4.69, 9.17) is 0 Å². The summed E-state index contributed by atoms with van der Waals surface area (Å²) in [6.07, 6.45) is -0.433. The van der Waals surface area contributed by atoms with Crippen molar-refractivity contribution in [3.63, 3.8) is 0 Å². The van der Waals surface area contributed by atoms with Gasteiger partial charge in [-0.3, -0.25) is 0 Å². The number of halogens is 3. The first kappa shape index (κ1) is 14.8. The average Bonchev–Trinajstić information content (AvgIpc) is 2.40. The summed E-state index contributed by atoms with van der Waals surface area (Å²) in [5.74, 6) is 0.527. The maximum Gasteiger partial charge on any atom is 0.416 e. The van der Waals surface area contributed by atoms with Crippen molar-refractivity contribution in [1.82, 2.24) is 9.97 Å². The molecule has 0 unspecified atom stereocenters. The Morgan fingerprint density at radius 2 is 2.00 bits per heavy atom. The Balaban J connectivity index is 2.26. The highest BCUT2D eigenvalue weighted by Gasteiger charge is 2.30. The molecular formula is C14H13F3N2S. The van der Waals surface area contributed by atoms with E-state index in [1.165, 1.54) is 17.8 Å². The Kier molecular flexibility index (Phi) is 4.32. The number of rotatable bonds is 3. The van der Waals surface area contributed by atoms with Crippen LogP contribution in [0, 0.1) is 6.92 Å². The van der Waals surface area contributed by atoms with Gasteiger partial charge in [0.2, 0.25) is 0 Å². The van der Waals surface area contributed by atoms with Crippen molar-refractivity contribution >= 4 is 11.8 Å². The molecule has 0 aliphatic rings. The Hall–Kier alpha value is -1.56. The van der Waals surface area contributed by atoms with Gasteiger partial charge in [-0.1, -0.05) is 18.2 Å². The van der Waals surface area contributed by atoms with Crippen molar-refractivity contribution in [2.75, 3.05) is 6.26 Å². The summed E-state index contributed by atoms with van der Waals surface area (Å²) in [4.78, 5) is 8.52. The van der Waals surface area contributed by atoms with Crippen LogP contribution in [0.4, 0.5) is 13.2 Å². The lowest BCUT2D eigenvalue weighted by molar-refractivity contribution is -0.137. The summed E-state index contributed by atoms with van der Waals surface area (Å²) in [6, 6.07) is 5.26. The van der Waals surface area contributed by atoms with Crippen molar-refractivity contribution in [3.05, 3.63) is 53.0 Å². The Morgan fingerprint density at radius 3 is 2.65 bits per heavy atom. The first-order valence-electron chi connectivity index (χ1n) is 5.93. The fourth-order valence-corrected chi connectivity index (χ4v) is 2.36. The first-order valence-corrected chi connectivity index (χ1v) is 7.15. The van der Waals surface area contributed by atoms with Crippen molar-refractivity contribution in [1.29, 1.82) is 0 Å². The van der Waals surface area contributed by atoms with Crippen LogP contribution in [0.1, 0.15) is 22.5 Å². The molecule has 0 atom stereocenters. The fourth-order valence-electron chi connectivity index (χ4n) is 1.79. The second-order valence-electron chi connectivity index (χ2n) is 4.35. The molecule has 0 amide bonds. The molecule has 0 N–H and O–H groups in total. The predicted octanol–water partition coefficient (Wildman–Crippen LogP) is 4.12. The van der Waals surface area contributed by atoms with E-state index in [-0.39, 0.29) is 6.42 Å². The van der Waals surface area contributed by atoms with Gasteiger partial charge in [-0.05, 0) is 30.4 Å². The Morgan fingerprint density at radius 1 is 1.25 bits per heavy atom. The number of nitrogens with zero attached hydrogens (tertiary/aromatic N) is 2. The van der Waals surface area contributed by atoms with Crippen molar-refractivity contribution in [3.8, 4) is 0 Å². The van der Waals surface area contributed by atoms with Gasteiger partial charge >= 0.3 is 6.18 Å². The lowest BCUT2D eigenvalue weighted by atomic mass is 10.1. The molecule has 2 nitrogen and oxygen atoms in total. The Labute approximate surface area is 119 Å². The molecule has 2 aromatic rings. The molecule has 0 bridgehead atoms. The molecule has 0 aliphatic carbocycles. The number of hydrogen-bond acceptors (Lipinski definition) is 3. The van der Waals surface area contributed by atoms with Crippen LogP contribution in [0.5, 0.6) is 0 Å². The third-order valence-electron chi connectivity index (χ3n) is 2.79. The molecule has 0 fully saturated rings. The number of aryl methyl sites for hydroxylation is 1. The molecule has 0 saturated heterocycles. The van der Waals surface area contributed by atoms with Gasteiger partial charge in [0.15, 0.2) is 0 Å². The monoisotopic (exact) mass is 298 g/mol. The summed E-state index contributed by atoms with van der Waals surface area (Å²) in [5, 5.41) is 0.849. The lowest BCUT2D eigenvalue weighted by Gasteiger charge is -2.09. The molecule has 0 spiro atoms. The van der Waals surface area contributed by atoms with Gasteiger partial charge in [-0.25, -0.2) is 9.97 Å². The minimum absolute atomic E-state index is 0.289. The maximum absolute atomic E-state index is 12.6. The highest BCUT2D eigenvalue weighted by molar-refractivity contribution is 7.98. The molecule has 20 heavy (non-hydrogen) atoms. The SMILES string of the molecule is CSc1nc(Cc2cccc(C(F)(F)F)c2)ncc1C. The molecule has 6 heteroatoms. The molecule has 0 aliphatic heterocycles. The van der Waals surface area contributed by atoms with Gasteiger partial charge in [-0.2, -0.15) is 13.2 Å². The van der Waals surface area contributed by atoms with Crippen LogP contribution in [0.15, 0.2) is 35.5 Å². The van der Waals surface area contributed by atoms with Gasteiger partial charge < -0.3 is 0 Å². The molecule has 2 rings (SSSR count). The molecule has 1 heterocycles. The van der Waals surface area contributed by atoms with Crippen LogP contribution in [-0.4, -0.2) is 16.2 Å². The predicted molar refractivity (Wildman–Crippen MR) is 72.8 cm³/mol. The van der Waals surface area contributed by atoms with Crippen LogP contribution in [0.2, 0.25) is 0 Å². The molecule has 0 radical (unpaired) electrons. The van der Waals surface area contributed by atoms with Crippen LogP contribution in [-0.2, 0) is 12.6 Å². The topological polar surface area (TPSA) is 25.8 Å². The molecular weight excluding hydrogens is 285 g/mol. The van der Waals surface area contributed by atoms with E-state index < -0.39 is 11.7 Å². The number of thioether (sulfide) groups is 1. The summed E-state index contributed by atoms with van der Waals surface area (Å²) in [6.45, 7) is 1.90. The minimum atomic E-state index is -4.32. The minimum Gasteiger partial charge on any atom is -0.241 e. The zero-order valence-electron chi connectivity index (χ0n) is 11.0. The van der Waals surface area contributed by atoms with Crippen molar-refractivity contribution < 1.29 is 13.2 Å². The van der Waals surface area contributed by atoms with Gasteiger partial charge in [0.05, 0.1) is 5.56 Å². The lowest BCUT2D eigenvalue weighted by Crippen LogP contribution is -2.06. The highest BCUT2D eigenvalue weighted by Crippen LogP contribution is 2.29. The smallest absolute Gasteiger partial charge is 0.241 e. The third kappa shape index (κ3) is 3.50. The second-order valence-corrected chi connectivity index (χ2v) is 5.15. The average molecular weight is 298 g/mol. The van der Waals surface area contributed by atoms with Crippen LogP contribution >= 0.6 is 11.8 Å². The van der Waals surface area contributed by atoms with Crippen molar-refractivity contribution in [2.45, 2.75) is 24.5 Å². The van der Waals surface area contributed by atoms with Crippen molar-refractivity contribution in [2.24, 2.45) is 0 Å². The molecule has 106 valence electrons. The van der Waals surface area contributed by atoms with E-state index in [1.807, 2.05) is 13.2 Å². The summed E-state index contributed by atoms with van der Waals surface area (Å²) >= 11 is 1.50. The highest BCUT2D eigenvalue weighted by atomic mass is 32.2. The van der Waals surface area contributed by atoms with Gasteiger partial charge in [0.25, 0.3) is 0 Å². The van der Waals surface area contributed by atoms with Gasteiger partial charge in [-0.15, -0.1) is 11.8 Å². The number of alkyl halides is 3. The summed E-state index contributed by atoms with van der Waals surface area (Å²) in [5.41, 5.74) is 0.869. The number of benzene rings is 1. The van der Waals surface area contributed by atoms with E-state index in [0.29, 0.717) is 11.4 Å². The quantitative estimate of drug-likeness (QED) is 0.630. The first-order chi connectivity index (χ1) is 9.40. The standard InChI is InChI=1S/C14H13F3N2S/c1-9-8-18-12(19-13(9)20-2)7-10-4-3-5-11(6-10)14(15,16)17/h3-6,8H,7H2,1-2H3. The fraction of sp³-hybridized carbons (Fsp3) is 0.286. The Bertz CT molecular complexity index is 612.